The number of hydrogen-bond acceptors (Lipinski definition) is 2. The van der Waals surface area contributed by atoms with Crippen molar-refractivity contribution in [3.8, 4) is 0 Å². The van der Waals surface area contributed by atoms with Crippen LogP contribution < -0.4 is 10.2 Å². The molecule has 0 spiro atoms. The van der Waals surface area contributed by atoms with Crippen molar-refractivity contribution in [1.29, 1.82) is 0 Å². The van der Waals surface area contributed by atoms with Gasteiger partial charge in [0.25, 0.3) is 0 Å². The van der Waals surface area contributed by atoms with Crippen molar-refractivity contribution in [3.63, 3.8) is 0 Å². The zero-order valence-corrected chi connectivity index (χ0v) is 10.8. The second-order valence-electron chi connectivity index (χ2n) is 5.45. The van der Waals surface area contributed by atoms with Crippen LogP contribution in [0.25, 0.3) is 0 Å². The molecule has 0 amide bonds. The highest BCUT2D eigenvalue weighted by atomic mass is 19.1. The van der Waals surface area contributed by atoms with Gasteiger partial charge in [0.15, 0.2) is 0 Å². The lowest BCUT2D eigenvalue weighted by Gasteiger charge is -2.29. The minimum Gasteiger partial charge on any atom is -0.369 e. The Morgan fingerprint density at radius 2 is 2.00 bits per heavy atom. The van der Waals surface area contributed by atoms with Gasteiger partial charge < -0.3 is 10.2 Å². The molecule has 2 fully saturated rings. The summed E-state index contributed by atoms with van der Waals surface area (Å²) in [6, 6.07) is 5.85. The quantitative estimate of drug-likeness (QED) is 0.865. The molecule has 0 radical (unpaired) electrons. The molecule has 3 rings (SSSR count). The van der Waals surface area contributed by atoms with Crippen LogP contribution in [0, 0.1) is 5.82 Å². The Morgan fingerprint density at radius 3 is 2.67 bits per heavy atom. The maximum atomic E-state index is 14.2. The fourth-order valence-corrected chi connectivity index (χ4v) is 3.11. The van der Waals surface area contributed by atoms with E-state index in [9.17, 15) is 4.39 Å². The van der Waals surface area contributed by atoms with E-state index in [4.69, 9.17) is 0 Å². The molecular weight excluding hydrogens is 227 g/mol. The Hall–Kier alpha value is -1.09. The number of nitrogens with zero attached hydrogens (tertiary/aromatic N) is 1. The summed E-state index contributed by atoms with van der Waals surface area (Å²) in [5.74, 6) is 0.455. The number of anilines is 1. The summed E-state index contributed by atoms with van der Waals surface area (Å²) in [5.41, 5.74) is 1.95. The van der Waals surface area contributed by atoms with E-state index in [1.807, 2.05) is 6.07 Å². The van der Waals surface area contributed by atoms with E-state index < -0.39 is 0 Å². The van der Waals surface area contributed by atoms with E-state index in [2.05, 4.69) is 16.3 Å². The Morgan fingerprint density at radius 1 is 1.17 bits per heavy atom. The van der Waals surface area contributed by atoms with Gasteiger partial charge >= 0.3 is 0 Å². The van der Waals surface area contributed by atoms with Crippen LogP contribution in [0.3, 0.4) is 0 Å². The van der Waals surface area contributed by atoms with E-state index in [-0.39, 0.29) is 5.82 Å². The molecule has 1 unspecified atom stereocenters. The van der Waals surface area contributed by atoms with Crippen LogP contribution in [0.15, 0.2) is 18.2 Å². The average molecular weight is 248 g/mol. The summed E-state index contributed by atoms with van der Waals surface area (Å²) in [4.78, 5) is 2.19. The minimum absolute atomic E-state index is 0.0405. The molecule has 98 valence electrons. The van der Waals surface area contributed by atoms with Crippen molar-refractivity contribution < 1.29 is 4.39 Å². The van der Waals surface area contributed by atoms with E-state index >= 15 is 0 Å². The summed E-state index contributed by atoms with van der Waals surface area (Å²) in [5, 5.41) is 3.34. The first-order valence-electron chi connectivity index (χ1n) is 7.10. The van der Waals surface area contributed by atoms with E-state index in [0.29, 0.717) is 5.92 Å². The first kappa shape index (κ1) is 12.0. The predicted octanol–water partition coefficient (Wildman–Crippen LogP) is 2.89. The first-order chi connectivity index (χ1) is 8.84. The SMILES string of the molecule is Fc1cc(C2CCNC2)ccc1N1CCCCC1. The number of benzene rings is 1. The molecule has 1 atom stereocenters. The molecule has 3 heteroatoms. The van der Waals surface area contributed by atoms with Gasteiger partial charge in [0.2, 0.25) is 0 Å². The lowest BCUT2D eigenvalue weighted by atomic mass is 9.97. The number of hydrogen-bond donors (Lipinski definition) is 1. The molecule has 2 aliphatic rings. The number of nitrogens with one attached hydrogen (secondary N) is 1. The molecule has 1 aromatic rings. The van der Waals surface area contributed by atoms with Crippen LogP contribution in [-0.2, 0) is 0 Å². The van der Waals surface area contributed by atoms with Crippen LogP contribution >= 0.6 is 0 Å². The summed E-state index contributed by atoms with van der Waals surface area (Å²) >= 11 is 0. The third-order valence-electron chi connectivity index (χ3n) is 4.20. The molecule has 0 bridgehead atoms. The van der Waals surface area contributed by atoms with Crippen molar-refractivity contribution in [2.75, 3.05) is 31.1 Å². The number of rotatable bonds is 2. The topological polar surface area (TPSA) is 15.3 Å². The summed E-state index contributed by atoms with van der Waals surface area (Å²) < 4.78 is 14.2. The third kappa shape index (κ3) is 2.37. The first-order valence-corrected chi connectivity index (χ1v) is 7.10. The highest BCUT2D eigenvalue weighted by Crippen LogP contribution is 2.28. The van der Waals surface area contributed by atoms with Crippen molar-refractivity contribution in [1.82, 2.24) is 5.32 Å². The molecule has 2 nitrogen and oxygen atoms in total. The zero-order chi connectivity index (χ0) is 12.4. The van der Waals surface area contributed by atoms with E-state index in [1.54, 1.807) is 6.07 Å². The second-order valence-corrected chi connectivity index (χ2v) is 5.45. The second kappa shape index (κ2) is 5.27. The maximum absolute atomic E-state index is 14.2. The van der Waals surface area contributed by atoms with Crippen LogP contribution in [-0.4, -0.2) is 26.2 Å². The van der Waals surface area contributed by atoms with Crippen LogP contribution in [0.5, 0.6) is 0 Å². The van der Waals surface area contributed by atoms with Gasteiger partial charge in [-0.05, 0) is 55.8 Å². The average Bonchev–Trinajstić information content (AvgIpc) is 2.93. The van der Waals surface area contributed by atoms with Gasteiger partial charge in [-0.3, -0.25) is 0 Å². The summed E-state index contributed by atoms with van der Waals surface area (Å²) in [6.45, 7) is 4.05. The molecule has 2 saturated heterocycles. The van der Waals surface area contributed by atoms with Crippen molar-refractivity contribution in [2.45, 2.75) is 31.6 Å². The molecule has 2 heterocycles. The lowest BCUT2D eigenvalue weighted by molar-refractivity contribution is 0.555. The molecular formula is C15H21FN2. The highest BCUT2D eigenvalue weighted by molar-refractivity contribution is 5.50. The summed E-state index contributed by atoms with van der Waals surface area (Å²) in [6.07, 6.45) is 4.79. The van der Waals surface area contributed by atoms with Crippen LogP contribution in [0.1, 0.15) is 37.2 Å². The van der Waals surface area contributed by atoms with Crippen molar-refractivity contribution in [2.24, 2.45) is 0 Å². The zero-order valence-electron chi connectivity index (χ0n) is 10.8. The smallest absolute Gasteiger partial charge is 0.146 e. The monoisotopic (exact) mass is 248 g/mol. The van der Waals surface area contributed by atoms with Crippen LogP contribution in [0.2, 0.25) is 0 Å². The largest absolute Gasteiger partial charge is 0.369 e. The van der Waals surface area contributed by atoms with Gasteiger partial charge in [0.05, 0.1) is 5.69 Å². The van der Waals surface area contributed by atoms with Crippen molar-refractivity contribution in [3.05, 3.63) is 29.6 Å². The maximum Gasteiger partial charge on any atom is 0.146 e. The Bertz CT molecular complexity index is 407. The molecule has 1 aromatic carbocycles. The predicted molar refractivity (Wildman–Crippen MR) is 72.7 cm³/mol. The van der Waals surface area contributed by atoms with Gasteiger partial charge in [0, 0.05) is 19.6 Å². The lowest BCUT2D eigenvalue weighted by Crippen LogP contribution is -2.30. The molecule has 0 aromatic heterocycles. The van der Waals surface area contributed by atoms with Crippen LogP contribution in [0.4, 0.5) is 10.1 Å². The van der Waals surface area contributed by atoms with Crippen molar-refractivity contribution >= 4 is 5.69 Å². The molecule has 18 heavy (non-hydrogen) atoms. The normalized spacial score (nSPS) is 24.5. The summed E-state index contributed by atoms with van der Waals surface area (Å²) in [7, 11) is 0. The Labute approximate surface area is 108 Å². The van der Waals surface area contributed by atoms with E-state index in [1.165, 1.54) is 19.3 Å². The van der Waals surface area contributed by atoms with Gasteiger partial charge in [0.1, 0.15) is 5.82 Å². The van der Waals surface area contributed by atoms with Gasteiger partial charge in [-0.25, -0.2) is 4.39 Å². The standard InChI is InChI=1S/C15H21FN2/c16-14-10-12(13-6-7-17-11-13)4-5-15(14)18-8-2-1-3-9-18/h4-5,10,13,17H,1-3,6-9,11H2. The highest BCUT2D eigenvalue weighted by Gasteiger charge is 2.20. The third-order valence-corrected chi connectivity index (χ3v) is 4.20. The molecule has 1 N–H and O–H groups in total. The number of halogens is 1. The fourth-order valence-electron chi connectivity index (χ4n) is 3.11. The fraction of sp³-hybridized carbons (Fsp3) is 0.600. The molecule has 0 saturated carbocycles. The Balaban J connectivity index is 1.79. The van der Waals surface area contributed by atoms with Gasteiger partial charge in [-0.2, -0.15) is 0 Å². The number of piperidine rings is 1. The minimum atomic E-state index is -0.0405. The van der Waals surface area contributed by atoms with E-state index in [0.717, 1.165) is 43.9 Å². The Kier molecular flexibility index (Phi) is 3.50. The molecule has 2 aliphatic heterocycles. The van der Waals surface area contributed by atoms with Gasteiger partial charge in [-0.1, -0.05) is 6.07 Å². The molecule has 0 aliphatic carbocycles. The van der Waals surface area contributed by atoms with Gasteiger partial charge in [-0.15, -0.1) is 0 Å².